The molecule has 0 unspecified atom stereocenters. The summed E-state index contributed by atoms with van der Waals surface area (Å²) >= 11 is 0. The SMILES string of the molecule is C[N+]1=C(C=Cc2ccccc2[N+](=O)[O-])C(C)(C)c2ccccc21. The first-order chi connectivity index (χ1) is 10.9. The van der Waals surface area contributed by atoms with Crippen LogP contribution in [0.25, 0.3) is 6.08 Å². The summed E-state index contributed by atoms with van der Waals surface area (Å²) in [6.45, 7) is 4.35. The maximum atomic E-state index is 11.1. The van der Waals surface area contributed by atoms with E-state index in [1.54, 1.807) is 12.1 Å². The molecule has 116 valence electrons. The summed E-state index contributed by atoms with van der Waals surface area (Å²) in [4.78, 5) is 10.8. The fourth-order valence-corrected chi connectivity index (χ4v) is 3.27. The number of nitrogens with zero attached hydrogens (tertiary/aromatic N) is 2. The molecule has 0 spiro atoms. The molecule has 0 atom stereocenters. The molecule has 4 heteroatoms. The maximum absolute atomic E-state index is 11.1. The van der Waals surface area contributed by atoms with Crippen molar-refractivity contribution in [3.63, 3.8) is 0 Å². The molecule has 1 aliphatic heterocycles. The van der Waals surface area contributed by atoms with Crippen LogP contribution in [0.4, 0.5) is 11.4 Å². The third-order valence-corrected chi connectivity index (χ3v) is 4.49. The number of nitro benzene ring substituents is 1. The summed E-state index contributed by atoms with van der Waals surface area (Å²) in [5, 5.41) is 11.1. The van der Waals surface area contributed by atoms with Crippen molar-refractivity contribution in [2.75, 3.05) is 7.05 Å². The van der Waals surface area contributed by atoms with Gasteiger partial charge in [0, 0.05) is 23.8 Å². The van der Waals surface area contributed by atoms with Crippen LogP contribution in [0, 0.1) is 10.1 Å². The average molecular weight is 307 g/mol. The topological polar surface area (TPSA) is 46.1 Å². The monoisotopic (exact) mass is 307 g/mol. The van der Waals surface area contributed by atoms with Crippen LogP contribution in [0.3, 0.4) is 0 Å². The summed E-state index contributed by atoms with van der Waals surface area (Å²) in [6.07, 6.45) is 3.82. The Bertz CT molecular complexity index is 848. The predicted molar refractivity (Wildman–Crippen MR) is 92.4 cm³/mol. The normalized spacial score (nSPS) is 16.0. The Morgan fingerprint density at radius 3 is 2.39 bits per heavy atom. The van der Waals surface area contributed by atoms with Crippen LogP contribution in [0.1, 0.15) is 25.0 Å². The first-order valence-electron chi connectivity index (χ1n) is 7.55. The van der Waals surface area contributed by atoms with Crippen molar-refractivity contribution in [1.29, 1.82) is 0 Å². The van der Waals surface area contributed by atoms with E-state index in [0.29, 0.717) is 5.56 Å². The third kappa shape index (κ3) is 2.46. The largest absolute Gasteiger partial charge is 0.276 e. The van der Waals surface area contributed by atoms with Gasteiger partial charge in [0.25, 0.3) is 5.69 Å². The van der Waals surface area contributed by atoms with Gasteiger partial charge in [0.15, 0.2) is 5.71 Å². The number of rotatable bonds is 3. The quantitative estimate of drug-likeness (QED) is 0.482. The molecule has 0 saturated heterocycles. The molecule has 23 heavy (non-hydrogen) atoms. The third-order valence-electron chi connectivity index (χ3n) is 4.49. The van der Waals surface area contributed by atoms with Gasteiger partial charge in [-0.15, -0.1) is 0 Å². The average Bonchev–Trinajstić information content (AvgIpc) is 2.73. The summed E-state index contributed by atoms with van der Waals surface area (Å²) in [6, 6.07) is 15.1. The number of para-hydroxylation sites is 2. The molecule has 0 aromatic heterocycles. The lowest BCUT2D eigenvalue weighted by Gasteiger charge is -2.15. The second kappa shape index (κ2) is 5.47. The summed E-state index contributed by atoms with van der Waals surface area (Å²) in [7, 11) is 2.03. The van der Waals surface area contributed by atoms with E-state index >= 15 is 0 Å². The fraction of sp³-hybridized carbons (Fsp3) is 0.211. The fourth-order valence-electron chi connectivity index (χ4n) is 3.27. The highest BCUT2D eigenvalue weighted by molar-refractivity contribution is 6.05. The number of nitro groups is 1. The van der Waals surface area contributed by atoms with Gasteiger partial charge in [-0.05, 0) is 26.0 Å². The first-order valence-corrected chi connectivity index (χ1v) is 7.55. The van der Waals surface area contributed by atoms with E-state index in [2.05, 4.69) is 30.6 Å². The van der Waals surface area contributed by atoms with Gasteiger partial charge in [0.1, 0.15) is 7.05 Å². The van der Waals surface area contributed by atoms with Crippen LogP contribution in [-0.4, -0.2) is 22.3 Å². The minimum atomic E-state index is -0.345. The van der Waals surface area contributed by atoms with Crippen molar-refractivity contribution in [3.05, 3.63) is 75.8 Å². The Labute approximate surface area is 135 Å². The van der Waals surface area contributed by atoms with E-state index < -0.39 is 0 Å². The lowest BCUT2D eigenvalue weighted by molar-refractivity contribution is -0.401. The molecule has 0 amide bonds. The van der Waals surface area contributed by atoms with Gasteiger partial charge in [-0.2, -0.15) is 4.58 Å². The van der Waals surface area contributed by atoms with Crippen molar-refractivity contribution in [2.24, 2.45) is 0 Å². The summed E-state index contributed by atoms with van der Waals surface area (Å²) in [5.74, 6) is 0. The summed E-state index contributed by atoms with van der Waals surface area (Å²) < 4.78 is 2.15. The highest BCUT2D eigenvalue weighted by Crippen LogP contribution is 2.39. The first kappa shape index (κ1) is 15.2. The van der Waals surface area contributed by atoms with Crippen molar-refractivity contribution in [2.45, 2.75) is 19.3 Å². The summed E-state index contributed by atoms with van der Waals surface area (Å²) in [5.41, 5.74) is 4.18. The molecule has 2 aromatic carbocycles. The molecule has 0 aliphatic carbocycles. The highest BCUT2D eigenvalue weighted by Gasteiger charge is 2.42. The van der Waals surface area contributed by atoms with Crippen LogP contribution in [0.2, 0.25) is 0 Å². The molecule has 0 N–H and O–H groups in total. The van der Waals surface area contributed by atoms with E-state index in [9.17, 15) is 10.1 Å². The van der Waals surface area contributed by atoms with Gasteiger partial charge in [0.2, 0.25) is 5.69 Å². The zero-order valence-electron chi connectivity index (χ0n) is 13.5. The second-order valence-electron chi connectivity index (χ2n) is 6.24. The van der Waals surface area contributed by atoms with Gasteiger partial charge in [-0.3, -0.25) is 10.1 Å². The molecule has 0 saturated carbocycles. The second-order valence-corrected chi connectivity index (χ2v) is 6.24. The van der Waals surface area contributed by atoms with E-state index in [1.165, 1.54) is 17.3 Å². The van der Waals surface area contributed by atoms with Gasteiger partial charge >= 0.3 is 0 Å². The molecule has 2 aromatic rings. The molecule has 3 rings (SSSR count). The van der Waals surface area contributed by atoms with E-state index in [-0.39, 0.29) is 16.0 Å². The number of hydrogen-bond donors (Lipinski definition) is 0. The number of allylic oxidation sites excluding steroid dienone is 1. The van der Waals surface area contributed by atoms with Crippen molar-refractivity contribution in [3.8, 4) is 0 Å². The van der Waals surface area contributed by atoms with Gasteiger partial charge in [-0.25, -0.2) is 0 Å². The van der Waals surface area contributed by atoms with E-state index in [0.717, 1.165) is 5.71 Å². The lowest BCUT2D eigenvalue weighted by atomic mass is 9.81. The van der Waals surface area contributed by atoms with Crippen LogP contribution >= 0.6 is 0 Å². The van der Waals surface area contributed by atoms with Crippen LogP contribution in [-0.2, 0) is 5.41 Å². The Kier molecular flexibility index (Phi) is 3.60. The van der Waals surface area contributed by atoms with Gasteiger partial charge in [-0.1, -0.05) is 30.3 Å². The molecular weight excluding hydrogens is 288 g/mol. The number of benzene rings is 2. The predicted octanol–water partition coefficient (Wildman–Crippen LogP) is 4.31. The van der Waals surface area contributed by atoms with E-state index in [4.69, 9.17) is 0 Å². The van der Waals surface area contributed by atoms with Crippen LogP contribution < -0.4 is 0 Å². The van der Waals surface area contributed by atoms with Crippen molar-refractivity contribution in [1.82, 2.24) is 0 Å². The Hall–Kier alpha value is -2.75. The maximum Gasteiger partial charge on any atom is 0.276 e. The molecule has 4 nitrogen and oxygen atoms in total. The minimum Gasteiger partial charge on any atom is -0.258 e. The minimum absolute atomic E-state index is 0.125. The number of fused-ring (bicyclic) bond motifs is 1. The molecule has 1 aliphatic rings. The highest BCUT2D eigenvalue weighted by atomic mass is 16.6. The van der Waals surface area contributed by atoms with Crippen LogP contribution in [0.5, 0.6) is 0 Å². The standard InChI is InChI=1S/C19H19N2O2/c1-19(2)15-9-5-7-11-17(15)20(3)18(19)13-12-14-8-4-6-10-16(14)21(22)23/h4-13H,1-3H3/q+1. The molecule has 0 radical (unpaired) electrons. The van der Waals surface area contributed by atoms with Gasteiger partial charge in [0.05, 0.1) is 15.9 Å². The Morgan fingerprint density at radius 1 is 1.04 bits per heavy atom. The molecular formula is C19H19N2O2+. The van der Waals surface area contributed by atoms with Gasteiger partial charge < -0.3 is 0 Å². The number of hydrogen-bond acceptors (Lipinski definition) is 2. The molecule has 0 fully saturated rings. The molecule has 0 bridgehead atoms. The lowest BCUT2D eigenvalue weighted by Crippen LogP contribution is -2.26. The van der Waals surface area contributed by atoms with Crippen molar-refractivity contribution >= 4 is 23.2 Å². The zero-order chi connectivity index (χ0) is 16.6. The Balaban J connectivity index is 2.05. The smallest absolute Gasteiger partial charge is 0.258 e. The van der Waals surface area contributed by atoms with E-state index in [1.807, 2.05) is 37.4 Å². The van der Waals surface area contributed by atoms with Crippen molar-refractivity contribution < 1.29 is 9.50 Å². The Morgan fingerprint density at radius 2 is 1.70 bits per heavy atom. The molecule has 1 heterocycles. The van der Waals surface area contributed by atoms with Crippen LogP contribution in [0.15, 0.2) is 54.6 Å². The zero-order valence-corrected chi connectivity index (χ0v) is 13.5.